The molecule has 13 heavy (non-hydrogen) atoms. The Bertz CT molecular complexity index is 184. The molecule has 1 fully saturated rings. The largest absolute Gasteiger partial charge is 0.369 e. The Morgan fingerprint density at radius 3 is 2.69 bits per heavy atom. The second-order valence-electron chi connectivity index (χ2n) is 3.73. The molecule has 1 aliphatic heterocycles. The number of primary amides is 1. The van der Waals surface area contributed by atoms with Crippen LogP contribution in [-0.2, 0) is 4.79 Å². The predicted octanol–water partition coefficient (Wildman–Crippen LogP) is -0.598. The maximum absolute atomic E-state index is 10.8. The van der Waals surface area contributed by atoms with Gasteiger partial charge in [-0.1, -0.05) is 13.8 Å². The molecule has 0 aromatic carbocycles. The highest BCUT2D eigenvalue weighted by molar-refractivity contribution is 5.75. The average molecular weight is 185 g/mol. The summed E-state index contributed by atoms with van der Waals surface area (Å²) < 4.78 is 0. The van der Waals surface area contributed by atoms with Crippen LogP contribution in [0.4, 0.5) is 0 Å². The highest BCUT2D eigenvalue weighted by atomic mass is 16.1. The van der Waals surface area contributed by atoms with Crippen LogP contribution in [0.1, 0.15) is 13.8 Å². The molecule has 1 saturated heterocycles. The zero-order valence-corrected chi connectivity index (χ0v) is 8.42. The van der Waals surface area contributed by atoms with E-state index in [2.05, 4.69) is 24.1 Å². The molecule has 0 aliphatic carbocycles. The lowest BCUT2D eigenvalue weighted by Crippen LogP contribution is -2.44. The van der Waals surface area contributed by atoms with Gasteiger partial charge in [-0.15, -0.1) is 0 Å². The zero-order valence-electron chi connectivity index (χ0n) is 8.42. The molecular weight excluding hydrogens is 166 g/mol. The number of nitrogens with one attached hydrogen (secondary N) is 1. The van der Waals surface area contributed by atoms with Gasteiger partial charge in [0.05, 0.1) is 6.54 Å². The van der Waals surface area contributed by atoms with E-state index < -0.39 is 0 Å². The van der Waals surface area contributed by atoms with Crippen LogP contribution in [0.5, 0.6) is 0 Å². The maximum Gasteiger partial charge on any atom is 0.231 e. The van der Waals surface area contributed by atoms with Gasteiger partial charge in [0.15, 0.2) is 0 Å². The summed E-state index contributed by atoms with van der Waals surface area (Å²) in [4.78, 5) is 12.9. The van der Waals surface area contributed by atoms with Crippen molar-refractivity contribution in [2.24, 2.45) is 11.7 Å². The molecule has 0 radical (unpaired) electrons. The SMILES string of the molecule is CCN(CC(N)=O)C1CNCC1C. The molecule has 76 valence electrons. The zero-order chi connectivity index (χ0) is 9.84. The van der Waals surface area contributed by atoms with Crippen LogP contribution in [0.15, 0.2) is 0 Å². The van der Waals surface area contributed by atoms with Gasteiger partial charge in [0.25, 0.3) is 0 Å². The van der Waals surface area contributed by atoms with E-state index in [0.29, 0.717) is 18.5 Å². The summed E-state index contributed by atoms with van der Waals surface area (Å²) in [5.41, 5.74) is 5.18. The van der Waals surface area contributed by atoms with Crippen LogP contribution in [-0.4, -0.2) is 43.0 Å². The Morgan fingerprint density at radius 2 is 2.31 bits per heavy atom. The van der Waals surface area contributed by atoms with E-state index >= 15 is 0 Å². The molecule has 0 saturated carbocycles. The minimum absolute atomic E-state index is 0.235. The van der Waals surface area contributed by atoms with E-state index in [4.69, 9.17) is 5.73 Å². The van der Waals surface area contributed by atoms with Gasteiger partial charge >= 0.3 is 0 Å². The maximum atomic E-state index is 10.8. The minimum atomic E-state index is -0.235. The molecule has 4 heteroatoms. The van der Waals surface area contributed by atoms with Crippen molar-refractivity contribution < 1.29 is 4.79 Å². The van der Waals surface area contributed by atoms with Gasteiger partial charge in [-0.25, -0.2) is 0 Å². The van der Waals surface area contributed by atoms with Crippen molar-refractivity contribution in [2.45, 2.75) is 19.9 Å². The number of rotatable bonds is 4. The normalized spacial score (nSPS) is 28.2. The number of amides is 1. The molecule has 4 nitrogen and oxygen atoms in total. The fourth-order valence-electron chi connectivity index (χ4n) is 1.95. The number of hydrogen-bond acceptors (Lipinski definition) is 3. The molecule has 0 aromatic heterocycles. The Kier molecular flexibility index (Phi) is 3.69. The van der Waals surface area contributed by atoms with Crippen LogP contribution in [0, 0.1) is 5.92 Å². The molecule has 1 heterocycles. The Hall–Kier alpha value is -0.610. The first-order valence-corrected chi connectivity index (χ1v) is 4.88. The second kappa shape index (κ2) is 4.58. The van der Waals surface area contributed by atoms with E-state index in [1.54, 1.807) is 0 Å². The van der Waals surface area contributed by atoms with E-state index in [-0.39, 0.29) is 5.91 Å². The van der Waals surface area contributed by atoms with Crippen LogP contribution in [0.3, 0.4) is 0 Å². The predicted molar refractivity (Wildman–Crippen MR) is 52.3 cm³/mol. The van der Waals surface area contributed by atoms with E-state index in [9.17, 15) is 4.79 Å². The summed E-state index contributed by atoms with van der Waals surface area (Å²) >= 11 is 0. The standard InChI is InChI=1S/C9H19N3O/c1-3-12(6-9(10)13)8-5-11-4-7(8)2/h7-8,11H,3-6H2,1-2H3,(H2,10,13). The van der Waals surface area contributed by atoms with Crippen LogP contribution in [0.2, 0.25) is 0 Å². The highest BCUT2D eigenvalue weighted by Gasteiger charge is 2.28. The number of carbonyl (C=O) groups is 1. The second-order valence-corrected chi connectivity index (χ2v) is 3.73. The molecule has 2 unspecified atom stereocenters. The fourth-order valence-corrected chi connectivity index (χ4v) is 1.95. The Labute approximate surface area is 79.5 Å². The number of nitrogens with zero attached hydrogens (tertiary/aromatic N) is 1. The van der Waals surface area contributed by atoms with Gasteiger partial charge in [-0.2, -0.15) is 0 Å². The van der Waals surface area contributed by atoms with E-state index in [1.807, 2.05) is 0 Å². The topological polar surface area (TPSA) is 58.4 Å². The third-order valence-corrected chi connectivity index (χ3v) is 2.71. The first-order valence-electron chi connectivity index (χ1n) is 4.88. The summed E-state index contributed by atoms with van der Waals surface area (Å²) in [6.07, 6.45) is 0. The Balaban J connectivity index is 2.49. The number of carbonyl (C=O) groups excluding carboxylic acids is 1. The quantitative estimate of drug-likeness (QED) is 0.615. The molecule has 1 amide bonds. The minimum Gasteiger partial charge on any atom is -0.369 e. The molecule has 0 spiro atoms. The number of likely N-dealkylation sites (N-methyl/N-ethyl adjacent to an activating group) is 1. The van der Waals surface area contributed by atoms with Crippen molar-refractivity contribution in [2.75, 3.05) is 26.2 Å². The van der Waals surface area contributed by atoms with E-state index in [0.717, 1.165) is 19.6 Å². The number of hydrogen-bond donors (Lipinski definition) is 2. The van der Waals surface area contributed by atoms with Gasteiger partial charge in [-0.05, 0) is 19.0 Å². The van der Waals surface area contributed by atoms with Gasteiger partial charge < -0.3 is 11.1 Å². The van der Waals surface area contributed by atoms with E-state index in [1.165, 1.54) is 0 Å². The molecule has 1 rings (SSSR count). The lowest BCUT2D eigenvalue weighted by molar-refractivity contribution is -0.119. The molecule has 2 atom stereocenters. The van der Waals surface area contributed by atoms with Crippen molar-refractivity contribution in [3.63, 3.8) is 0 Å². The van der Waals surface area contributed by atoms with Gasteiger partial charge in [0, 0.05) is 12.6 Å². The molecule has 3 N–H and O–H groups in total. The number of nitrogens with two attached hydrogens (primary N) is 1. The third kappa shape index (κ3) is 2.67. The lowest BCUT2D eigenvalue weighted by atomic mass is 10.0. The Morgan fingerprint density at radius 1 is 1.62 bits per heavy atom. The molecule has 0 bridgehead atoms. The first-order chi connectivity index (χ1) is 6.15. The van der Waals surface area contributed by atoms with Crippen molar-refractivity contribution in [3.05, 3.63) is 0 Å². The summed E-state index contributed by atoms with van der Waals surface area (Å²) in [6, 6.07) is 0.470. The van der Waals surface area contributed by atoms with Crippen LogP contribution in [0.25, 0.3) is 0 Å². The fraction of sp³-hybridized carbons (Fsp3) is 0.889. The summed E-state index contributed by atoms with van der Waals surface area (Å²) in [6.45, 7) is 7.55. The molecular formula is C9H19N3O. The molecule has 1 aliphatic rings. The summed E-state index contributed by atoms with van der Waals surface area (Å²) in [5.74, 6) is 0.375. The van der Waals surface area contributed by atoms with Crippen molar-refractivity contribution >= 4 is 5.91 Å². The van der Waals surface area contributed by atoms with Crippen LogP contribution >= 0.6 is 0 Å². The molecule has 0 aromatic rings. The summed E-state index contributed by atoms with van der Waals surface area (Å²) in [5, 5.41) is 3.32. The van der Waals surface area contributed by atoms with Gasteiger partial charge in [-0.3, -0.25) is 9.69 Å². The van der Waals surface area contributed by atoms with Crippen molar-refractivity contribution in [1.29, 1.82) is 0 Å². The van der Waals surface area contributed by atoms with Crippen molar-refractivity contribution in [1.82, 2.24) is 10.2 Å². The average Bonchev–Trinajstić information content (AvgIpc) is 2.47. The third-order valence-electron chi connectivity index (χ3n) is 2.71. The van der Waals surface area contributed by atoms with Gasteiger partial charge in [0.1, 0.15) is 0 Å². The van der Waals surface area contributed by atoms with Gasteiger partial charge in [0.2, 0.25) is 5.91 Å². The lowest BCUT2D eigenvalue weighted by Gasteiger charge is -2.28. The van der Waals surface area contributed by atoms with Crippen molar-refractivity contribution in [3.8, 4) is 0 Å². The monoisotopic (exact) mass is 185 g/mol. The van der Waals surface area contributed by atoms with Crippen LogP contribution < -0.4 is 11.1 Å². The smallest absolute Gasteiger partial charge is 0.231 e. The first kappa shape index (κ1) is 10.5. The summed E-state index contributed by atoms with van der Waals surface area (Å²) in [7, 11) is 0. The highest BCUT2D eigenvalue weighted by Crippen LogP contribution is 2.14.